The van der Waals surface area contributed by atoms with Crippen LogP contribution in [-0.4, -0.2) is 53.3 Å². The number of guanidine groups is 1. The van der Waals surface area contributed by atoms with Crippen LogP contribution in [0.3, 0.4) is 0 Å². The SMILES string of the molecule is CCNC(=NCc1nnc2ccccn12)NC1CCN(c2ccccc2OC)C1. The van der Waals surface area contributed by atoms with Gasteiger partial charge in [-0.3, -0.25) is 4.40 Å². The predicted molar refractivity (Wildman–Crippen MR) is 115 cm³/mol. The summed E-state index contributed by atoms with van der Waals surface area (Å²) in [5.74, 6) is 2.53. The first-order chi connectivity index (χ1) is 14.3. The van der Waals surface area contributed by atoms with Crippen molar-refractivity contribution in [1.82, 2.24) is 25.2 Å². The van der Waals surface area contributed by atoms with E-state index in [1.807, 2.05) is 47.0 Å². The van der Waals surface area contributed by atoms with Crippen molar-refractivity contribution in [3.05, 3.63) is 54.5 Å². The number of nitrogens with one attached hydrogen (secondary N) is 2. The average molecular weight is 393 g/mol. The lowest BCUT2D eigenvalue weighted by molar-refractivity contribution is 0.415. The highest BCUT2D eigenvalue weighted by molar-refractivity contribution is 5.80. The molecule has 1 aliphatic heterocycles. The highest BCUT2D eigenvalue weighted by Gasteiger charge is 2.25. The number of hydrogen-bond acceptors (Lipinski definition) is 5. The zero-order chi connectivity index (χ0) is 20.1. The van der Waals surface area contributed by atoms with Crippen molar-refractivity contribution in [3.8, 4) is 5.75 Å². The predicted octanol–water partition coefficient (Wildman–Crippen LogP) is 2.07. The van der Waals surface area contributed by atoms with E-state index < -0.39 is 0 Å². The fourth-order valence-electron chi connectivity index (χ4n) is 3.65. The van der Waals surface area contributed by atoms with E-state index in [9.17, 15) is 0 Å². The van der Waals surface area contributed by atoms with Gasteiger partial charge in [-0.05, 0) is 37.6 Å². The molecule has 152 valence electrons. The molecule has 8 nitrogen and oxygen atoms in total. The van der Waals surface area contributed by atoms with Crippen LogP contribution >= 0.6 is 0 Å². The molecule has 1 fully saturated rings. The number of pyridine rings is 1. The second-order valence-corrected chi connectivity index (χ2v) is 6.99. The third-order valence-corrected chi connectivity index (χ3v) is 5.06. The highest BCUT2D eigenvalue weighted by atomic mass is 16.5. The van der Waals surface area contributed by atoms with Crippen molar-refractivity contribution in [2.75, 3.05) is 31.6 Å². The number of rotatable bonds is 6. The van der Waals surface area contributed by atoms with Crippen molar-refractivity contribution >= 4 is 17.3 Å². The lowest BCUT2D eigenvalue weighted by Crippen LogP contribution is -2.44. The second kappa shape index (κ2) is 8.81. The molecule has 1 aromatic carbocycles. The number of aliphatic imine (C=N–C) groups is 1. The lowest BCUT2D eigenvalue weighted by atomic mass is 10.2. The summed E-state index contributed by atoms with van der Waals surface area (Å²) in [5, 5.41) is 15.3. The van der Waals surface area contributed by atoms with Gasteiger partial charge >= 0.3 is 0 Å². The molecule has 0 amide bonds. The molecule has 1 atom stereocenters. The zero-order valence-electron chi connectivity index (χ0n) is 16.9. The maximum absolute atomic E-state index is 5.51. The Kier molecular flexibility index (Phi) is 5.79. The fourth-order valence-corrected chi connectivity index (χ4v) is 3.65. The number of para-hydroxylation sites is 2. The molecule has 0 saturated carbocycles. The Hall–Kier alpha value is -3.29. The summed E-state index contributed by atoms with van der Waals surface area (Å²) in [6, 6.07) is 14.3. The Balaban J connectivity index is 1.42. The van der Waals surface area contributed by atoms with Crippen LogP contribution in [0.25, 0.3) is 5.65 Å². The second-order valence-electron chi connectivity index (χ2n) is 6.99. The molecule has 3 heterocycles. The number of fused-ring (bicyclic) bond motifs is 1. The van der Waals surface area contributed by atoms with Crippen LogP contribution in [0.2, 0.25) is 0 Å². The van der Waals surface area contributed by atoms with Gasteiger partial charge in [0.2, 0.25) is 0 Å². The number of aromatic nitrogens is 3. The maximum atomic E-state index is 5.51. The molecule has 1 aliphatic rings. The zero-order valence-corrected chi connectivity index (χ0v) is 16.9. The van der Waals surface area contributed by atoms with Gasteiger partial charge in [0.15, 0.2) is 17.4 Å². The van der Waals surface area contributed by atoms with Gasteiger partial charge in [0, 0.05) is 31.9 Å². The van der Waals surface area contributed by atoms with E-state index in [0.29, 0.717) is 12.6 Å². The number of ether oxygens (including phenoxy) is 1. The van der Waals surface area contributed by atoms with E-state index >= 15 is 0 Å². The third kappa shape index (κ3) is 4.26. The van der Waals surface area contributed by atoms with Crippen molar-refractivity contribution in [2.45, 2.75) is 25.9 Å². The Morgan fingerprint density at radius 3 is 2.93 bits per heavy atom. The molecule has 29 heavy (non-hydrogen) atoms. The summed E-state index contributed by atoms with van der Waals surface area (Å²) in [6.07, 6.45) is 3.00. The number of hydrogen-bond donors (Lipinski definition) is 2. The molecule has 2 N–H and O–H groups in total. The van der Waals surface area contributed by atoms with E-state index in [2.05, 4.69) is 38.7 Å². The van der Waals surface area contributed by atoms with Crippen molar-refractivity contribution < 1.29 is 4.74 Å². The largest absolute Gasteiger partial charge is 0.495 e. The van der Waals surface area contributed by atoms with E-state index in [1.54, 1.807) is 7.11 Å². The van der Waals surface area contributed by atoms with Crippen molar-refractivity contribution in [3.63, 3.8) is 0 Å². The molecule has 8 heteroatoms. The quantitative estimate of drug-likeness (QED) is 0.493. The molecule has 1 unspecified atom stereocenters. The minimum Gasteiger partial charge on any atom is -0.495 e. The van der Waals surface area contributed by atoms with Crippen LogP contribution in [0.15, 0.2) is 53.7 Å². The van der Waals surface area contributed by atoms with Gasteiger partial charge < -0.3 is 20.3 Å². The van der Waals surface area contributed by atoms with Gasteiger partial charge in [0.25, 0.3) is 0 Å². The van der Waals surface area contributed by atoms with E-state index in [0.717, 1.165) is 54.9 Å². The number of anilines is 1. The maximum Gasteiger partial charge on any atom is 0.191 e. The first-order valence-corrected chi connectivity index (χ1v) is 10.00. The van der Waals surface area contributed by atoms with Gasteiger partial charge in [-0.25, -0.2) is 4.99 Å². The standard InChI is InChI=1S/C21H27N7O/c1-3-22-21(23-14-20-26-25-19-10-6-7-12-28(19)20)24-16-11-13-27(15-16)17-8-4-5-9-18(17)29-2/h4-10,12,16H,3,11,13-15H2,1-2H3,(H2,22,23,24). The summed E-state index contributed by atoms with van der Waals surface area (Å²) in [4.78, 5) is 7.08. The molecular formula is C21H27N7O. The fraction of sp³-hybridized carbons (Fsp3) is 0.381. The van der Waals surface area contributed by atoms with Crippen LogP contribution < -0.4 is 20.3 Å². The van der Waals surface area contributed by atoms with Crippen LogP contribution in [-0.2, 0) is 6.54 Å². The Labute approximate surface area is 170 Å². The monoisotopic (exact) mass is 393 g/mol. The Morgan fingerprint density at radius 1 is 1.21 bits per heavy atom. The summed E-state index contributed by atoms with van der Waals surface area (Å²) >= 11 is 0. The van der Waals surface area contributed by atoms with Crippen LogP contribution in [0.4, 0.5) is 5.69 Å². The first-order valence-electron chi connectivity index (χ1n) is 10.00. The summed E-state index contributed by atoms with van der Waals surface area (Å²) in [5.41, 5.74) is 1.97. The van der Waals surface area contributed by atoms with Gasteiger partial charge in [-0.2, -0.15) is 0 Å². The molecule has 0 aliphatic carbocycles. The third-order valence-electron chi connectivity index (χ3n) is 5.06. The minimum atomic E-state index is 0.313. The summed E-state index contributed by atoms with van der Waals surface area (Å²) in [6.45, 7) is 5.21. The van der Waals surface area contributed by atoms with Crippen LogP contribution in [0.1, 0.15) is 19.2 Å². The van der Waals surface area contributed by atoms with Gasteiger partial charge in [0.1, 0.15) is 12.3 Å². The van der Waals surface area contributed by atoms with E-state index in [4.69, 9.17) is 9.73 Å². The number of methoxy groups -OCH3 is 1. The first kappa shape index (κ1) is 19.0. The van der Waals surface area contributed by atoms with Gasteiger partial charge in [-0.1, -0.05) is 18.2 Å². The molecule has 0 bridgehead atoms. The smallest absolute Gasteiger partial charge is 0.191 e. The van der Waals surface area contributed by atoms with Crippen LogP contribution in [0, 0.1) is 0 Å². The Morgan fingerprint density at radius 2 is 2.07 bits per heavy atom. The normalized spacial score (nSPS) is 17.0. The number of benzene rings is 1. The molecule has 1 saturated heterocycles. The molecule has 4 rings (SSSR count). The molecular weight excluding hydrogens is 366 g/mol. The summed E-state index contributed by atoms with van der Waals surface area (Å²) in [7, 11) is 1.72. The molecule has 2 aromatic heterocycles. The van der Waals surface area contributed by atoms with E-state index in [-0.39, 0.29) is 0 Å². The molecule has 3 aromatic rings. The molecule has 0 radical (unpaired) electrons. The highest BCUT2D eigenvalue weighted by Crippen LogP contribution is 2.30. The van der Waals surface area contributed by atoms with E-state index in [1.165, 1.54) is 0 Å². The van der Waals surface area contributed by atoms with Gasteiger partial charge in [-0.15, -0.1) is 10.2 Å². The lowest BCUT2D eigenvalue weighted by Gasteiger charge is -2.22. The number of nitrogens with zero attached hydrogens (tertiary/aromatic N) is 5. The van der Waals surface area contributed by atoms with Crippen molar-refractivity contribution in [2.24, 2.45) is 4.99 Å². The summed E-state index contributed by atoms with van der Waals surface area (Å²) < 4.78 is 7.48. The Bertz CT molecular complexity index is 984. The average Bonchev–Trinajstić information content (AvgIpc) is 3.39. The molecule has 0 spiro atoms. The van der Waals surface area contributed by atoms with Crippen LogP contribution in [0.5, 0.6) is 5.75 Å². The van der Waals surface area contributed by atoms with Crippen molar-refractivity contribution in [1.29, 1.82) is 0 Å². The topological polar surface area (TPSA) is 79.1 Å². The minimum absolute atomic E-state index is 0.313. The van der Waals surface area contributed by atoms with Gasteiger partial charge in [0.05, 0.1) is 12.8 Å².